The van der Waals surface area contributed by atoms with Crippen LogP contribution in [0.1, 0.15) is 55.9 Å². The molecule has 3 heterocycles. The van der Waals surface area contributed by atoms with Gasteiger partial charge in [0.2, 0.25) is 5.91 Å². The molecule has 5 rings (SSSR count). The van der Waals surface area contributed by atoms with Crippen LogP contribution in [0.5, 0.6) is 0 Å². The Hall–Kier alpha value is -2.22. The van der Waals surface area contributed by atoms with Crippen LogP contribution in [0.4, 0.5) is 0 Å². The van der Waals surface area contributed by atoms with Crippen LogP contribution in [0.25, 0.3) is 15.9 Å². The van der Waals surface area contributed by atoms with Crippen molar-refractivity contribution in [3.05, 3.63) is 27.3 Å². The summed E-state index contributed by atoms with van der Waals surface area (Å²) in [5.74, 6) is 0.544. The van der Waals surface area contributed by atoms with Crippen molar-refractivity contribution in [2.75, 3.05) is 0 Å². The van der Waals surface area contributed by atoms with Crippen molar-refractivity contribution in [1.82, 2.24) is 24.5 Å². The number of carbonyl (C=O) groups excluding carboxylic acids is 1. The van der Waals surface area contributed by atoms with E-state index in [1.165, 1.54) is 25.9 Å². The lowest BCUT2D eigenvalue weighted by Gasteiger charge is -2.22. The first-order valence-electron chi connectivity index (χ1n) is 10.3. The summed E-state index contributed by atoms with van der Waals surface area (Å²) in [6, 6.07) is 0.230. The molecule has 0 saturated heterocycles. The summed E-state index contributed by atoms with van der Waals surface area (Å²) in [4.78, 5) is 32.1. The average Bonchev–Trinajstić information content (AvgIpc) is 3.19. The molecule has 0 aliphatic heterocycles. The molecule has 1 unspecified atom stereocenters. The second-order valence-electron chi connectivity index (χ2n) is 8.31. The maximum Gasteiger partial charge on any atom is 0.352 e. The molecule has 0 radical (unpaired) electrons. The Morgan fingerprint density at radius 1 is 1.29 bits per heavy atom. The first-order valence-corrected chi connectivity index (χ1v) is 11.1. The molecule has 1 atom stereocenters. The van der Waals surface area contributed by atoms with Crippen LogP contribution >= 0.6 is 11.3 Å². The Morgan fingerprint density at radius 3 is 2.93 bits per heavy atom. The molecule has 0 aromatic carbocycles. The number of hydrogen-bond donors (Lipinski definition) is 1. The first-order chi connectivity index (χ1) is 13.6. The lowest BCUT2D eigenvalue weighted by molar-refractivity contribution is -0.122. The van der Waals surface area contributed by atoms with Gasteiger partial charge in [0.25, 0.3) is 0 Å². The van der Waals surface area contributed by atoms with Crippen molar-refractivity contribution in [3.8, 4) is 0 Å². The number of aromatic nitrogens is 4. The molecular formula is C20H25N5O2S. The number of hydrogen-bond acceptors (Lipinski definition) is 5. The minimum atomic E-state index is -0.299. The predicted molar refractivity (Wildman–Crippen MR) is 109 cm³/mol. The molecule has 1 amide bonds. The van der Waals surface area contributed by atoms with Gasteiger partial charge in [-0.3, -0.25) is 4.79 Å². The van der Waals surface area contributed by atoms with E-state index in [1.807, 2.05) is 0 Å². The molecule has 1 saturated carbocycles. The van der Waals surface area contributed by atoms with Gasteiger partial charge < -0.3 is 5.32 Å². The minimum Gasteiger partial charge on any atom is -0.352 e. The van der Waals surface area contributed by atoms with E-state index >= 15 is 0 Å². The van der Waals surface area contributed by atoms with E-state index in [0.29, 0.717) is 11.6 Å². The predicted octanol–water partition coefficient (Wildman–Crippen LogP) is 2.68. The molecule has 0 spiro atoms. The molecule has 1 fully saturated rings. The third-order valence-corrected chi connectivity index (χ3v) is 7.30. The number of rotatable bonds is 3. The summed E-state index contributed by atoms with van der Waals surface area (Å²) in [5.41, 5.74) is 1.62. The van der Waals surface area contributed by atoms with Crippen LogP contribution in [-0.4, -0.2) is 31.1 Å². The van der Waals surface area contributed by atoms with Gasteiger partial charge in [-0.15, -0.1) is 16.4 Å². The SMILES string of the molecule is CC1CCc2c(sc3ncn4c(=O)n(CC(=O)NC5CCCCC5)nc4c23)C1. The zero-order valence-corrected chi connectivity index (χ0v) is 16.9. The number of amides is 1. The summed E-state index contributed by atoms with van der Waals surface area (Å²) < 4.78 is 2.77. The van der Waals surface area contributed by atoms with Crippen molar-refractivity contribution in [2.45, 2.75) is 70.9 Å². The third kappa shape index (κ3) is 3.03. The molecule has 28 heavy (non-hydrogen) atoms. The van der Waals surface area contributed by atoms with E-state index in [9.17, 15) is 9.59 Å². The molecule has 8 heteroatoms. The number of fused-ring (bicyclic) bond motifs is 5. The average molecular weight is 400 g/mol. The zero-order valence-electron chi connectivity index (χ0n) is 16.1. The van der Waals surface area contributed by atoms with Crippen LogP contribution in [0.15, 0.2) is 11.1 Å². The van der Waals surface area contributed by atoms with Gasteiger partial charge in [0, 0.05) is 10.9 Å². The third-order valence-electron chi connectivity index (χ3n) is 6.14. The molecule has 2 aliphatic carbocycles. The Labute approximate surface area is 166 Å². The van der Waals surface area contributed by atoms with E-state index in [1.54, 1.807) is 17.7 Å². The lowest BCUT2D eigenvalue weighted by Crippen LogP contribution is -2.40. The van der Waals surface area contributed by atoms with E-state index < -0.39 is 0 Å². The van der Waals surface area contributed by atoms with E-state index in [2.05, 4.69) is 22.3 Å². The maximum absolute atomic E-state index is 12.8. The summed E-state index contributed by atoms with van der Waals surface area (Å²) in [7, 11) is 0. The summed E-state index contributed by atoms with van der Waals surface area (Å²) in [6.45, 7) is 2.24. The van der Waals surface area contributed by atoms with Crippen LogP contribution in [-0.2, 0) is 24.2 Å². The Kier molecular flexibility index (Phi) is 4.45. The highest BCUT2D eigenvalue weighted by molar-refractivity contribution is 7.19. The fourth-order valence-corrected chi connectivity index (χ4v) is 5.97. The summed E-state index contributed by atoms with van der Waals surface area (Å²) in [6.07, 6.45) is 10.4. The normalized spacial score (nSPS) is 20.5. The highest BCUT2D eigenvalue weighted by Gasteiger charge is 2.24. The minimum absolute atomic E-state index is 0.0398. The quantitative estimate of drug-likeness (QED) is 0.734. The first kappa shape index (κ1) is 17.8. The largest absolute Gasteiger partial charge is 0.352 e. The molecule has 3 aromatic rings. The molecule has 2 aliphatic rings. The van der Waals surface area contributed by atoms with Gasteiger partial charge in [-0.05, 0) is 43.6 Å². The van der Waals surface area contributed by atoms with Gasteiger partial charge in [-0.25, -0.2) is 18.9 Å². The van der Waals surface area contributed by atoms with Gasteiger partial charge in [-0.2, -0.15) is 0 Å². The van der Waals surface area contributed by atoms with Crippen LogP contribution in [0, 0.1) is 5.92 Å². The van der Waals surface area contributed by atoms with Crippen molar-refractivity contribution >= 4 is 33.1 Å². The molecule has 0 bridgehead atoms. The van der Waals surface area contributed by atoms with Gasteiger partial charge in [0.05, 0.1) is 5.39 Å². The fraction of sp³-hybridized carbons (Fsp3) is 0.600. The highest BCUT2D eigenvalue weighted by atomic mass is 32.1. The van der Waals surface area contributed by atoms with Crippen molar-refractivity contribution in [2.24, 2.45) is 5.92 Å². The van der Waals surface area contributed by atoms with E-state index in [4.69, 9.17) is 0 Å². The standard InChI is InChI=1S/C20H25N5O2S/c1-12-7-8-14-15(9-12)28-19-17(14)18-23-25(20(27)24(18)11-21-19)10-16(26)22-13-5-3-2-4-6-13/h11-13H,2-10H2,1H3,(H,22,26). The topological polar surface area (TPSA) is 81.3 Å². The van der Waals surface area contributed by atoms with Crippen molar-refractivity contribution in [3.63, 3.8) is 0 Å². The summed E-state index contributed by atoms with van der Waals surface area (Å²) in [5, 5.41) is 8.61. The number of nitrogens with zero attached hydrogens (tertiary/aromatic N) is 4. The lowest BCUT2D eigenvalue weighted by atomic mass is 9.89. The second-order valence-corrected chi connectivity index (χ2v) is 9.40. The Balaban J connectivity index is 1.49. The fourth-order valence-electron chi connectivity index (χ4n) is 4.62. The van der Waals surface area contributed by atoms with Gasteiger partial charge in [0.15, 0.2) is 5.65 Å². The number of carbonyl (C=O) groups is 1. The molecule has 3 aromatic heterocycles. The van der Waals surface area contributed by atoms with Crippen LogP contribution in [0.3, 0.4) is 0 Å². The highest BCUT2D eigenvalue weighted by Crippen LogP contribution is 2.38. The second kappa shape index (κ2) is 6.99. The molecule has 7 nitrogen and oxygen atoms in total. The Morgan fingerprint density at radius 2 is 2.11 bits per heavy atom. The van der Waals surface area contributed by atoms with Gasteiger partial charge >= 0.3 is 5.69 Å². The monoisotopic (exact) mass is 399 g/mol. The van der Waals surface area contributed by atoms with Crippen molar-refractivity contribution < 1.29 is 4.79 Å². The number of nitrogens with one attached hydrogen (secondary N) is 1. The Bertz CT molecular complexity index is 1110. The van der Waals surface area contributed by atoms with Gasteiger partial charge in [0.1, 0.15) is 17.7 Å². The van der Waals surface area contributed by atoms with E-state index in [0.717, 1.165) is 55.2 Å². The van der Waals surface area contributed by atoms with Crippen LogP contribution in [0.2, 0.25) is 0 Å². The van der Waals surface area contributed by atoms with Crippen molar-refractivity contribution in [1.29, 1.82) is 0 Å². The molecule has 1 N–H and O–H groups in total. The molecular weight excluding hydrogens is 374 g/mol. The maximum atomic E-state index is 12.8. The zero-order chi connectivity index (χ0) is 19.3. The van der Waals surface area contributed by atoms with Crippen LogP contribution < -0.4 is 11.0 Å². The summed E-state index contributed by atoms with van der Waals surface area (Å²) >= 11 is 1.72. The van der Waals surface area contributed by atoms with E-state index in [-0.39, 0.29) is 24.2 Å². The number of aryl methyl sites for hydroxylation is 1. The smallest absolute Gasteiger partial charge is 0.352 e. The van der Waals surface area contributed by atoms with Gasteiger partial charge in [-0.1, -0.05) is 26.2 Å². The molecule has 148 valence electrons. The number of thiophene rings is 1.